The van der Waals surface area contributed by atoms with Crippen LogP contribution < -0.4 is 0 Å². The molecule has 1 N–H and O–H groups in total. The molecule has 1 rings (SSSR count). The molecule has 0 aromatic carbocycles. The monoisotopic (exact) mass is 227 g/mol. The van der Waals surface area contributed by atoms with E-state index >= 15 is 0 Å². The van der Waals surface area contributed by atoms with Gasteiger partial charge < -0.3 is 5.11 Å². The Balaban J connectivity index is 2.54. The Morgan fingerprint density at radius 1 is 1.12 bits per heavy atom. The number of rotatable bonds is 6. The fourth-order valence-corrected chi connectivity index (χ4v) is 2.98. The molecule has 2 unspecified atom stereocenters. The van der Waals surface area contributed by atoms with Crippen molar-refractivity contribution >= 4 is 0 Å². The number of aliphatic hydroxyl groups excluding tert-OH is 1. The maximum Gasteiger partial charge on any atom is 0.0526 e. The van der Waals surface area contributed by atoms with Gasteiger partial charge >= 0.3 is 0 Å². The minimum absolute atomic E-state index is 0.175. The Bertz CT molecular complexity index is 185. The smallest absolute Gasteiger partial charge is 0.0526 e. The molecule has 0 bridgehead atoms. The van der Waals surface area contributed by atoms with E-state index in [2.05, 4.69) is 25.7 Å². The second kappa shape index (κ2) is 6.61. The van der Waals surface area contributed by atoms with Crippen molar-refractivity contribution < 1.29 is 5.11 Å². The second-order valence-corrected chi connectivity index (χ2v) is 5.96. The summed E-state index contributed by atoms with van der Waals surface area (Å²) >= 11 is 0. The van der Waals surface area contributed by atoms with E-state index in [-0.39, 0.29) is 6.10 Å². The van der Waals surface area contributed by atoms with Gasteiger partial charge in [0.15, 0.2) is 0 Å². The predicted octanol–water partition coefficient (Wildman–Crippen LogP) is 3.05. The molecule has 16 heavy (non-hydrogen) atoms. The summed E-state index contributed by atoms with van der Waals surface area (Å²) in [5.41, 5.74) is 0. The van der Waals surface area contributed by atoms with E-state index < -0.39 is 0 Å². The maximum atomic E-state index is 9.52. The average molecular weight is 227 g/mol. The van der Waals surface area contributed by atoms with Crippen molar-refractivity contribution in [2.45, 2.75) is 78.0 Å². The molecule has 0 saturated heterocycles. The van der Waals surface area contributed by atoms with E-state index in [0.29, 0.717) is 6.04 Å². The summed E-state index contributed by atoms with van der Waals surface area (Å²) in [4.78, 5) is 2.64. The van der Waals surface area contributed by atoms with Crippen molar-refractivity contribution in [1.29, 1.82) is 0 Å². The van der Waals surface area contributed by atoms with Crippen LogP contribution in [0.5, 0.6) is 0 Å². The summed E-state index contributed by atoms with van der Waals surface area (Å²) in [6, 6.07) is 1.29. The highest BCUT2D eigenvalue weighted by molar-refractivity contribution is 4.82. The zero-order valence-electron chi connectivity index (χ0n) is 11.4. The number of hydrogen-bond donors (Lipinski definition) is 1. The van der Waals surface area contributed by atoms with Gasteiger partial charge in [0.2, 0.25) is 0 Å². The van der Waals surface area contributed by atoms with Gasteiger partial charge in [-0.1, -0.05) is 26.7 Å². The third kappa shape index (κ3) is 4.42. The lowest BCUT2D eigenvalue weighted by atomic mass is 10.0. The topological polar surface area (TPSA) is 23.5 Å². The van der Waals surface area contributed by atoms with Crippen molar-refractivity contribution in [2.24, 2.45) is 5.92 Å². The third-order valence-electron chi connectivity index (χ3n) is 3.62. The average Bonchev–Trinajstić information content (AvgIpc) is 2.64. The lowest BCUT2D eigenvalue weighted by Crippen LogP contribution is -2.43. The molecule has 0 aromatic heterocycles. The molecule has 2 atom stereocenters. The molecular weight excluding hydrogens is 198 g/mol. The van der Waals surface area contributed by atoms with Crippen LogP contribution in [0.4, 0.5) is 0 Å². The van der Waals surface area contributed by atoms with E-state index in [4.69, 9.17) is 0 Å². The van der Waals surface area contributed by atoms with Crippen LogP contribution in [0.25, 0.3) is 0 Å². The van der Waals surface area contributed by atoms with E-state index in [9.17, 15) is 5.11 Å². The predicted molar refractivity (Wildman–Crippen MR) is 69.6 cm³/mol. The normalized spacial score (nSPS) is 21.9. The van der Waals surface area contributed by atoms with Gasteiger partial charge in [-0.05, 0) is 39.0 Å². The summed E-state index contributed by atoms with van der Waals surface area (Å²) in [5, 5.41) is 9.52. The highest BCUT2D eigenvalue weighted by atomic mass is 16.3. The van der Waals surface area contributed by atoms with Crippen molar-refractivity contribution in [1.82, 2.24) is 4.90 Å². The highest BCUT2D eigenvalue weighted by Crippen LogP contribution is 2.27. The molecule has 0 aliphatic heterocycles. The van der Waals surface area contributed by atoms with Crippen molar-refractivity contribution in [2.75, 3.05) is 6.54 Å². The molecule has 0 heterocycles. The van der Waals surface area contributed by atoms with Gasteiger partial charge in [-0.25, -0.2) is 0 Å². The first-order valence-electron chi connectivity index (χ1n) is 6.94. The Hall–Kier alpha value is -0.0800. The highest BCUT2D eigenvalue weighted by Gasteiger charge is 2.27. The number of hydrogen-bond acceptors (Lipinski definition) is 2. The molecular formula is C14H29NO. The Morgan fingerprint density at radius 3 is 2.12 bits per heavy atom. The summed E-state index contributed by atoms with van der Waals surface area (Å²) < 4.78 is 0. The molecule has 0 amide bonds. The fourth-order valence-electron chi connectivity index (χ4n) is 2.98. The Morgan fingerprint density at radius 2 is 1.69 bits per heavy atom. The van der Waals surface area contributed by atoms with Gasteiger partial charge in [-0.2, -0.15) is 0 Å². The molecule has 1 fully saturated rings. The third-order valence-corrected chi connectivity index (χ3v) is 3.62. The number of aliphatic hydroxyl groups is 1. The first-order valence-corrected chi connectivity index (χ1v) is 6.94. The van der Waals surface area contributed by atoms with Crippen LogP contribution in [0.3, 0.4) is 0 Å². The summed E-state index contributed by atoms with van der Waals surface area (Å²) in [5.74, 6) is 0.719. The van der Waals surface area contributed by atoms with E-state index in [1.54, 1.807) is 0 Å². The van der Waals surface area contributed by atoms with Crippen LogP contribution in [-0.2, 0) is 0 Å². The SMILES string of the molecule is CC(C)CN(C(C)CC(C)O)C1CCCC1. The fraction of sp³-hybridized carbons (Fsp3) is 1.00. The lowest BCUT2D eigenvalue weighted by molar-refractivity contribution is 0.0813. The minimum atomic E-state index is -0.175. The molecule has 96 valence electrons. The van der Waals surface area contributed by atoms with E-state index in [1.807, 2.05) is 6.92 Å². The standard InChI is InChI=1S/C14H29NO/c1-11(2)10-15(12(3)9-13(4)16)14-7-5-6-8-14/h11-14,16H,5-10H2,1-4H3. The van der Waals surface area contributed by atoms with Crippen LogP contribution in [0.2, 0.25) is 0 Å². The molecule has 1 saturated carbocycles. The largest absolute Gasteiger partial charge is 0.393 e. The van der Waals surface area contributed by atoms with Gasteiger partial charge in [0, 0.05) is 18.6 Å². The molecule has 1 aliphatic rings. The Labute approximate surface area is 101 Å². The summed E-state index contributed by atoms with van der Waals surface area (Å²) in [6.07, 6.45) is 6.23. The Kier molecular flexibility index (Phi) is 5.77. The van der Waals surface area contributed by atoms with Gasteiger partial charge in [0.1, 0.15) is 0 Å². The molecule has 0 radical (unpaired) electrons. The van der Waals surface area contributed by atoms with Crippen molar-refractivity contribution in [3.8, 4) is 0 Å². The van der Waals surface area contributed by atoms with Crippen LogP contribution in [-0.4, -0.2) is 34.7 Å². The minimum Gasteiger partial charge on any atom is -0.393 e. The van der Waals surface area contributed by atoms with Gasteiger partial charge in [0.25, 0.3) is 0 Å². The second-order valence-electron chi connectivity index (χ2n) is 5.96. The first-order chi connectivity index (χ1) is 7.50. The molecule has 1 aliphatic carbocycles. The van der Waals surface area contributed by atoms with E-state index in [1.165, 1.54) is 32.2 Å². The maximum absolute atomic E-state index is 9.52. The first kappa shape index (κ1) is 14.0. The van der Waals surface area contributed by atoms with Gasteiger partial charge in [0.05, 0.1) is 6.10 Å². The molecule has 0 spiro atoms. The lowest BCUT2D eigenvalue weighted by Gasteiger charge is -2.36. The molecule has 2 heteroatoms. The van der Waals surface area contributed by atoms with Gasteiger partial charge in [-0.15, -0.1) is 0 Å². The summed E-state index contributed by atoms with van der Waals surface area (Å²) in [6.45, 7) is 9.93. The number of nitrogens with zero attached hydrogens (tertiary/aromatic N) is 1. The van der Waals surface area contributed by atoms with Crippen molar-refractivity contribution in [3.63, 3.8) is 0 Å². The van der Waals surface area contributed by atoms with Gasteiger partial charge in [-0.3, -0.25) is 4.90 Å². The van der Waals surface area contributed by atoms with Crippen molar-refractivity contribution in [3.05, 3.63) is 0 Å². The molecule has 2 nitrogen and oxygen atoms in total. The summed E-state index contributed by atoms with van der Waals surface area (Å²) in [7, 11) is 0. The van der Waals surface area contributed by atoms with Crippen LogP contribution in [0.15, 0.2) is 0 Å². The van der Waals surface area contributed by atoms with Crippen LogP contribution in [0.1, 0.15) is 59.8 Å². The zero-order chi connectivity index (χ0) is 12.1. The zero-order valence-corrected chi connectivity index (χ0v) is 11.4. The van der Waals surface area contributed by atoms with Crippen LogP contribution in [0, 0.1) is 5.92 Å². The van der Waals surface area contributed by atoms with Crippen LogP contribution >= 0.6 is 0 Å². The molecule has 0 aromatic rings. The van der Waals surface area contributed by atoms with E-state index in [0.717, 1.165) is 18.4 Å². The quantitative estimate of drug-likeness (QED) is 0.754.